The lowest BCUT2D eigenvalue weighted by molar-refractivity contribution is -0.129. The third kappa shape index (κ3) is 8.25. The maximum absolute atomic E-state index is 14.5. The Morgan fingerprint density at radius 1 is 0.886 bits per heavy atom. The van der Waals surface area contributed by atoms with Gasteiger partial charge in [-0.15, -0.1) is 0 Å². The standard InChI is InChI=1S/C32H37Cl7FN3O/c33-27-7-4-8-28(40)24(27)20-29(44)43-14-12-30(21-43,22-9-10-25(31(34,35)36)26(19-22)32(37,38)39)11-13-41-15-17-42(18-16-41)23-5-2-1-3-6-23/h4,7-10,19,23H,1-3,5-6,11-18,20-21H2/t30-/m1/s1. The molecule has 2 saturated heterocycles. The van der Waals surface area contributed by atoms with E-state index in [1.807, 2.05) is 12.1 Å². The Kier molecular flexibility index (Phi) is 11.6. The largest absolute Gasteiger partial charge is 0.341 e. The number of benzene rings is 2. The van der Waals surface area contributed by atoms with Crippen LogP contribution in [0.4, 0.5) is 4.39 Å². The molecule has 4 nitrogen and oxygen atoms in total. The maximum atomic E-state index is 14.5. The first kappa shape index (κ1) is 35.1. The van der Waals surface area contributed by atoms with E-state index in [9.17, 15) is 9.18 Å². The Balaban J connectivity index is 1.37. The lowest BCUT2D eigenvalue weighted by Crippen LogP contribution is -2.51. The summed E-state index contributed by atoms with van der Waals surface area (Å²) in [5, 5.41) is 0.241. The summed E-state index contributed by atoms with van der Waals surface area (Å²) in [6, 6.07) is 10.6. The normalized spacial score (nSPS) is 23.0. The molecule has 1 aliphatic carbocycles. The first-order chi connectivity index (χ1) is 20.8. The summed E-state index contributed by atoms with van der Waals surface area (Å²) < 4.78 is 10.9. The number of rotatable bonds is 7. The number of carbonyl (C=O) groups excluding carboxylic acids is 1. The molecule has 3 fully saturated rings. The fourth-order valence-corrected chi connectivity index (χ4v) is 8.35. The van der Waals surface area contributed by atoms with Gasteiger partial charge in [0, 0.05) is 72.4 Å². The van der Waals surface area contributed by atoms with Crippen molar-refractivity contribution in [1.82, 2.24) is 14.7 Å². The van der Waals surface area contributed by atoms with Gasteiger partial charge < -0.3 is 9.80 Å². The van der Waals surface area contributed by atoms with Crippen molar-refractivity contribution in [3.05, 3.63) is 69.5 Å². The number of amides is 1. The lowest BCUT2D eigenvalue weighted by Gasteiger charge is -2.42. The highest BCUT2D eigenvalue weighted by atomic mass is 35.6. The van der Waals surface area contributed by atoms with Crippen molar-refractivity contribution < 1.29 is 9.18 Å². The minimum Gasteiger partial charge on any atom is -0.341 e. The molecule has 0 spiro atoms. The van der Waals surface area contributed by atoms with E-state index in [0.29, 0.717) is 36.7 Å². The molecule has 0 aromatic heterocycles. The number of halogens is 8. The fourth-order valence-electron chi connectivity index (χ4n) is 7.16. The van der Waals surface area contributed by atoms with Crippen LogP contribution in [-0.2, 0) is 24.2 Å². The first-order valence-corrected chi connectivity index (χ1v) is 17.9. The van der Waals surface area contributed by atoms with Gasteiger partial charge in [-0.2, -0.15) is 0 Å². The molecule has 5 rings (SSSR count). The van der Waals surface area contributed by atoms with Crippen molar-refractivity contribution >= 4 is 87.1 Å². The van der Waals surface area contributed by atoms with E-state index in [1.54, 1.807) is 17.0 Å². The van der Waals surface area contributed by atoms with Crippen LogP contribution in [0.15, 0.2) is 36.4 Å². The molecule has 2 aromatic carbocycles. The van der Waals surface area contributed by atoms with Gasteiger partial charge in [0.05, 0.1) is 6.42 Å². The molecule has 3 aliphatic rings. The van der Waals surface area contributed by atoms with E-state index in [1.165, 1.54) is 44.2 Å². The molecule has 12 heteroatoms. The number of hydrogen-bond acceptors (Lipinski definition) is 3. The fraction of sp³-hybridized carbons (Fsp3) is 0.594. The average Bonchev–Trinajstić information content (AvgIpc) is 3.43. The molecule has 1 atom stereocenters. The van der Waals surface area contributed by atoms with Gasteiger partial charge in [0.25, 0.3) is 0 Å². The van der Waals surface area contributed by atoms with Crippen molar-refractivity contribution in [2.24, 2.45) is 0 Å². The smallest absolute Gasteiger partial charge is 0.227 e. The molecule has 242 valence electrons. The first-order valence-electron chi connectivity index (χ1n) is 15.2. The number of likely N-dealkylation sites (tertiary alicyclic amines) is 1. The van der Waals surface area contributed by atoms with Crippen LogP contribution in [0.1, 0.15) is 67.2 Å². The number of piperazine rings is 1. The lowest BCUT2D eigenvalue weighted by atomic mass is 9.75. The maximum Gasteiger partial charge on any atom is 0.227 e. The average molecular weight is 747 g/mol. The summed E-state index contributed by atoms with van der Waals surface area (Å²) in [7, 11) is 0. The van der Waals surface area contributed by atoms with E-state index in [4.69, 9.17) is 81.2 Å². The molecule has 0 N–H and O–H groups in total. The highest BCUT2D eigenvalue weighted by Gasteiger charge is 2.44. The van der Waals surface area contributed by atoms with E-state index < -0.39 is 18.8 Å². The van der Waals surface area contributed by atoms with Crippen LogP contribution < -0.4 is 0 Å². The van der Waals surface area contributed by atoms with Crippen LogP contribution in [0.3, 0.4) is 0 Å². The predicted octanol–water partition coefficient (Wildman–Crippen LogP) is 9.19. The summed E-state index contributed by atoms with van der Waals surface area (Å²) in [5.41, 5.74) is 1.27. The molecule has 44 heavy (non-hydrogen) atoms. The van der Waals surface area contributed by atoms with Gasteiger partial charge in [-0.25, -0.2) is 4.39 Å². The number of hydrogen-bond donors (Lipinski definition) is 0. The Labute approximate surface area is 294 Å². The Morgan fingerprint density at radius 2 is 1.57 bits per heavy atom. The van der Waals surface area contributed by atoms with Crippen LogP contribution in [0, 0.1) is 5.82 Å². The predicted molar refractivity (Wildman–Crippen MR) is 182 cm³/mol. The topological polar surface area (TPSA) is 26.8 Å². The minimum absolute atomic E-state index is 0.115. The van der Waals surface area contributed by atoms with Gasteiger partial charge in [-0.1, -0.05) is 125 Å². The summed E-state index contributed by atoms with van der Waals surface area (Å²) in [5.74, 6) is -0.669. The quantitative estimate of drug-likeness (QED) is 0.265. The summed E-state index contributed by atoms with van der Waals surface area (Å²) in [6.07, 6.45) is 8.00. The Hall–Kier alpha value is -0.210. The molecule has 1 amide bonds. The highest BCUT2D eigenvalue weighted by Crippen LogP contribution is 2.50. The number of alkyl halides is 6. The third-order valence-electron chi connectivity index (χ3n) is 9.74. The van der Waals surface area contributed by atoms with Crippen LogP contribution in [-0.4, -0.2) is 72.5 Å². The molecular weight excluding hydrogens is 710 g/mol. The van der Waals surface area contributed by atoms with E-state index in [-0.39, 0.29) is 22.9 Å². The van der Waals surface area contributed by atoms with Gasteiger partial charge in [0.2, 0.25) is 13.5 Å². The van der Waals surface area contributed by atoms with Crippen molar-refractivity contribution in [3.8, 4) is 0 Å². The van der Waals surface area contributed by atoms with Gasteiger partial charge in [-0.3, -0.25) is 9.69 Å². The minimum atomic E-state index is -1.83. The molecule has 2 aliphatic heterocycles. The van der Waals surface area contributed by atoms with Gasteiger partial charge in [0.15, 0.2) is 0 Å². The van der Waals surface area contributed by atoms with Gasteiger partial charge >= 0.3 is 0 Å². The van der Waals surface area contributed by atoms with Gasteiger partial charge in [-0.05, 0) is 49.9 Å². The zero-order chi connectivity index (χ0) is 31.7. The van der Waals surface area contributed by atoms with Crippen molar-refractivity contribution in [1.29, 1.82) is 0 Å². The van der Waals surface area contributed by atoms with Crippen LogP contribution in [0.5, 0.6) is 0 Å². The van der Waals surface area contributed by atoms with Crippen LogP contribution >= 0.6 is 81.2 Å². The zero-order valence-corrected chi connectivity index (χ0v) is 29.7. The highest BCUT2D eigenvalue weighted by molar-refractivity contribution is 6.69. The molecular formula is C32H37Cl7FN3O. The Morgan fingerprint density at radius 3 is 2.20 bits per heavy atom. The third-order valence-corrected chi connectivity index (χ3v) is 11.3. The molecule has 2 aromatic rings. The second kappa shape index (κ2) is 14.5. The SMILES string of the molecule is O=C(Cc1c(F)cccc1Cl)N1CC[C@@](CCN2CCN(C3CCCCC3)CC2)(c2ccc(C(Cl)(Cl)Cl)c(C(Cl)(Cl)Cl)c2)C1. The monoisotopic (exact) mass is 743 g/mol. The summed E-state index contributed by atoms with van der Waals surface area (Å²) in [6.45, 7) is 5.96. The van der Waals surface area contributed by atoms with E-state index >= 15 is 0 Å². The van der Waals surface area contributed by atoms with E-state index in [2.05, 4.69) is 9.80 Å². The molecule has 1 saturated carbocycles. The van der Waals surface area contributed by atoms with Crippen molar-refractivity contribution in [2.75, 3.05) is 45.8 Å². The second-order valence-electron chi connectivity index (χ2n) is 12.4. The second-order valence-corrected chi connectivity index (χ2v) is 17.4. The van der Waals surface area contributed by atoms with E-state index in [0.717, 1.165) is 44.7 Å². The Bertz CT molecular complexity index is 1300. The number of carbonyl (C=O) groups is 1. The van der Waals surface area contributed by atoms with Crippen molar-refractivity contribution in [3.63, 3.8) is 0 Å². The van der Waals surface area contributed by atoms with Crippen molar-refractivity contribution in [2.45, 2.75) is 70.4 Å². The molecule has 0 bridgehead atoms. The summed E-state index contributed by atoms with van der Waals surface area (Å²) >= 11 is 44.2. The number of nitrogens with zero attached hydrogens (tertiary/aromatic N) is 3. The van der Waals surface area contributed by atoms with Crippen LogP contribution in [0.25, 0.3) is 0 Å². The zero-order valence-electron chi connectivity index (χ0n) is 24.4. The molecule has 0 radical (unpaired) electrons. The van der Waals surface area contributed by atoms with Crippen LogP contribution in [0.2, 0.25) is 5.02 Å². The van der Waals surface area contributed by atoms with Gasteiger partial charge in [0.1, 0.15) is 5.82 Å². The summed E-state index contributed by atoms with van der Waals surface area (Å²) in [4.78, 5) is 20.5. The molecule has 0 unspecified atom stereocenters. The molecule has 2 heterocycles.